The van der Waals surface area contributed by atoms with Crippen molar-refractivity contribution < 1.29 is 23.5 Å². The van der Waals surface area contributed by atoms with Crippen LogP contribution < -0.4 is 14.8 Å². The zero-order chi connectivity index (χ0) is 23.4. The van der Waals surface area contributed by atoms with E-state index in [1.165, 1.54) is 6.20 Å². The topological polar surface area (TPSA) is 99.0 Å². The molecule has 0 spiro atoms. The van der Waals surface area contributed by atoms with Gasteiger partial charge in [-0.15, -0.1) is 0 Å². The number of carbonyl (C=O) groups excluding carboxylic acids is 1. The van der Waals surface area contributed by atoms with Gasteiger partial charge in [-0.2, -0.15) is 0 Å². The second-order valence-corrected chi connectivity index (χ2v) is 8.29. The largest absolute Gasteiger partial charge is 0.493 e. The quantitative estimate of drug-likeness (QED) is 0.554. The molecular weight excluding hydrogens is 424 g/mol. The summed E-state index contributed by atoms with van der Waals surface area (Å²) in [4.78, 5) is 19.6. The third-order valence-electron chi connectivity index (χ3n) is 5.90. The molecule has 176 valence electrons. The lowest BCUT2D eigenvalue weighted by Gasteiger charge is -2.35. The van der Waals surface area contributed by atoms with Crippen LogP contribution in [0.15, 0.2) is 35.0 Å². The van der Waals surface area contributed by atoms with Crippen molar-refractivity contribution in [1.29, 1.82) is 0 Å². The average Bonchev–Trinajstić information content (AvgIpc) is 3.28. The second-order valence-electron chi connectivity index (χ2n) is 8.29. The van der Waals surface area contributed by atoms with Crippen LogP contribution in [0, 0.1) is 0 Å². The smallest absolute Gasteiger partial charge is 0.257 e. The second kappa shape index (κ2) is 10.2. The van der Waals surface area contributed by atoms with Crippen molar-refractivity contribution >= 4 is 17.0 Å². The lowest BCUT2D eigenvalue weighted by Crippen LogP contribution is -2.43. The number of fused-ring (bicyclic) bond motifs is 1. The molecule has 1 aromatic carbocycles. The number of rotatable bonds is 8. The summed E-state index contributed by atoms with van der Waals surface area (Å²) in [5, 5.41) is 7.94. The van der Waals surface area contributed by atoms with Gasteiger partial charge in [-0.1, -0.05) is 25.1 Å². The van der Waals surface area contributed by atoms with E-state index in [4.69, 9.17) is 18.7 Å². The molecule has 4 rings (SSSR count). The highest BCUT2D eigenvalue weighted by Gasteiger charge is 2.25. The lowest BCUT2D eigenvalue weighted by atomic mass is 10.0. The van der Waals surface area contributed by atoms with Crippen LogP contribution in [-0.4, -0.2) is 68.0 Å². The van der Waals surface area contributed by atoms with Crippen molar-refractivity contribution in [1.82, 2.24) is 20.4 Å². The first-order valence-corrected chi connectivity index (χ1v) is 11.1. The molecule has 1 N–H and O–H groups in total. The molecule has 1 fully saturated rings. The summed E-state index contributed by atoms with van der Waals surface area (Å²) in [7, 11) is 3.23. The number of hydrogen-bond acceptors (Lipinski definition) is 8. The van der Waals surface area contributed by atoms with Crippen molar-refractivity contribution in [2.24, 2.45) is 0 Å². The van der Waals surface area contributed by atoms with Gasteiger partial charge in [0, 0.05) is 25.8 Å². The van der Waals surface area contributed by atoms with Gasteiger partial charge in [0.25, 0.3) is 11.6 Å². The normalized spacial score (nSPS) is 15.5. The maximum Gasteiger partial charge on any atom is 0.257 e. The number of morpholine rings is 1. The number of methoxy groups -OCH3 is 2. The van der Waals surface area contributed by atoms with Crippen molar-refractivity contribution in [2.45, 2.75) is 25.8 Å². The molecule has 33 heavy (non-hydrogen) atoms. The molecule has 1 atom stereocenters. The first-order valence-electron chi connectivity index (χ1n) is 11.1. The van der Waals surface area contributed by atoms with Crippen molar-refractivity contribution in [2.75, 3.05) is 47.1 Å². The number of benzene rings is 1. The van der Waals surface area contributed by atoms with Gasteiger partial charge in [0.1, 0.15) is 0 Å². The molecule has 0 saturated carbocycles. The van der Waals surface area contributed by atoms with Crippen molar-refractivity contribution in [3.63, 3.8) is 0 Å². The predicted molar refractivity (Wildman–Crippen MR) is 123 cm³/mol. The predicted octanol–water partition coefficient (Wildman–Crippen LogP) is 3.17. The minimum atomic E-state index is -0.195. The molecule has 9 nitrogen and oxygen atoms in total. The van der Waals surface area contributed by atoms with Crippen LogP contribution in [0.5, 0.6) is 11.5 Å². The van der Waals surface area contributed by atoms with Gasteiger partial charge in [-0.05, 0) is 29.7 Å². The van der Waals surface area contributed by atoms with E-state index in [0.29, 0.717) is 42.5 Å². The minimum Gasteiger partial charge on any atom is -0.493 e. The Balaban J connectivity index is 1.56. The molecule has 3 aromatic rings. The van der Waals surface area contributed by atoms with Crippen LogP contribution in [0.25, 0.3) is 11.1 Å². The average molecular weight is 455 g/mol. The first-order chi connectivity index (χ1) is 16.0. The third-order valence-corrected chi connectivity index (χ3v) is 5.90. The fourth-order valence-corrected chi connectivity index (χ4v) is 4.09. The Morgan fingerprint density at radius 2 is 1.91 bits per heavy atom. The standard InChI is InChI=1S/C24H30N4O5/c1-15(2)22-18-11-17(13-26-24(18)33-27-22)23(29)25-14-19(28-7-9-32-10-8-28)16-5-6-20(30-3)21(12-16)31-4/h5-6,11-13,15,19H,7-10,14H2,1-4H3,(H,25,29). The molecule has 0 radical (unpaired) electrons. The SMILES string of the molecule is COc1ccc(C(CNC(=O)c2cnc3onc(C(C)C)c3c2)N2CCOCC2)cc1OC. The van der Waals surface area contributed by atoms with E-state index in [-0.39, 0.29) is 17.9 Å². The van der Waals surface area contributed by atoms with E-state index in [0.717, 1.165) is 29.7 Å². The summed E-state index contributed by atoms with van der Waals surface area (Å²) in [6.45, 7) is 7.35. The molecule has 1 amide bonds. The van der Waals surface area contributed by atoms with E-state index in [9.17, 15) is 4.79 Å². The van der Waals surface area contributed by atoms with E-state index in [1.807, 2.05) is 32.0 Å². The number of pyridine rings is 1. The molecule has 3 heterocycles. The summed E-state index contributed by atoms with van der Waals surface area (Å²) in [6, 6.07) is 7.61. The van der Waals surface area contributed by atoms with Crippen LogP contribution in [0.1, 0.15) is 47.4 Å². The van der Waals surface area contributed by atoms with E-state index in [2.05, 4.69) is 20.4 Å². The maximum atomic E-state index is 13.0. The molecule has 1 aliphatic rings. The van der Waals surface area contributed by atoms with Crippen LogP contribution >= 0.6 is 0 Å². The van der Waals surface area contributed by atoms with E-state index >= 15 is 0 Å². The molecule has 1 unspecified atom stereocenters. The summed E-state index contributed by atoms with van der Waals surface area (Å²) < 4.78 is 21.7. The number of amides is 1. The Bertz CT molecular complexity index is 1110. The molecule has 0 bridgehead atoms. The number of carbonyl (C=O) groups is 1. The Hall–Kier alpha value is -3.17. The van der Waals surface area contributed by atoms with Gasteiger partial charge in [0.2, 0.25) is 0 Å². The fourth-order valence-electron chi connectivity index (χ4n) is 4.09. The molecular formula is C24H30N4O5. The Morgan fingerprint density at radius 1 is 1.15 bits per heavy atom. The summed E-state index contributed by atoms with van der Waals surface area (Å²) in [5.41, 5.74) is 2.74. The highest BCUT2D eigenvalue weighted by atomic mass is 16.5. The highest BCUT2D eigenvalue weighted by Crippen LogP contribution is 2.32. The third kappa shape index (κ3) is 4.94. The zero-order valence-corrected chi connectivity index (χ0v) is 19.5. The van der Waals surface area contributed by atoms with Crippen LogP contribution in [-0.2, 0) is 4.74 Å². The number of ether oxygens (including phenoxy) is 3. The molecule has 1 saturated heterocycles. The van der Waals surface area contributed by atoms with E-state index in [1.54, 1.807) is 20.3 Å². The maximum absolute atomic E-state index is 13.0. The van der Waals surface area contributed by atoms with Crippen LogP contribution in [0.4, 0.5) is 0 Å². The molecule has 9 heteroatoms. The zero-order valence-electron chi connectivity index (χ0n) is 19.5. The highest BCUT2D eigenvalue weighted by molar-refractivity contribution is 5.97. The fraction of sp³-hybridized carbons (Fsp3) is 0.458. The number of aromatic nitrogens is 2. The minimum absolute atomic E-state index is 0.0452. The van der Waals surface area contributed by atoms with Crippen LogP contribution in [0.3, 0.4) is 0 Å². The summed E-state index contributed by atoms with van der Waals surface area (Å²) >= 11 is 0. The molecule has 0 aliphatic carbocycles. The monoisotopic (exact) mass is 454 g/mol. The van der Waals surface area contributed by atoms with Gasteiger partial charge < -0.3 is 24.1 Å². The van der Waals surface area contributed by atoms with Crippen LogP contribution in [0.2, 0.25) is 0 Å². The van der Waals surface area contributed by atoms with Gasteiger partial charge in [0.05, 0.1) is 50.1 Å². The van der Waals surface area contributed by atoms with Crippen molar-refractivity contribution in [3.05, 3.63) is 47.3 Å². The summed E-state index contributed by atoms with van der Waals surface area (Å²) in [6.07, 6.45) is 1.52. The molecule has 2 aromatic heterocycles. The number of nitrogens with zero attached hydrogens (tertiary/aromatic N) is 3. The van der Waals surface area contributed by atoms with Gasteiger partial charge in [-0.25, -0.2) is 4.98 Å². The molecule has 1 aliphatic heterocycles. The van der Waals surface area contributed by atoms with E-state index < -0.39 is 0 Å². The van der Waals surface area contributed by atoms with Gasteiger partial charge in [0.15, 0.2) is 11.5 Å². The Labute approximate surface area is 193 Å². The Kier molecular flexibility index (Phi) is 7.10. The van der Waals surface area contributed by atoms with Crippen molar-refractivity contribution in [3.8, 4) is 11.5 Å². The first kappa shape index (κ1) is 23.0. The lowest BCUT2D eigenvalue weighted by molar-refractivity contribution is 0.0162. The Morgan fingerprint density at radius 3 is 2.61 bits per heavy atom. The van der Waals surface area contributed by atoms with Gasteiger partial charge >= 0.3 is 0 Å². The number of hydrogen-bond donors (Lipinski definition) is 1. The number of nitrogens with one attached hydrogen (secondary N) is 1. The van der Waals surface area contributed by atoms with Gasteiger partial charge in [-0.3, -0.25) is 9.69 Å². The summed E-state index contributed by atoms with van der Waals surface area (Å²) in [5.74, 6) is 1.30.